The monoisotopic (exact) mass is 568 g/mol. The minimum atomic E-state index is 0.706. The van der Waals surface area contributed by atoms with Crippen molar-refractivity contribution in [3.05, 3.63) is 60.7 Å². The maximum absolute atomic E-state index is 6.01. The van der Waals surface area contributed by atoms with Crippen LogP contribution in [-0.4, -0.2) is 82.2 Å². The summed E-state index contributed by atoms with van der Waals surface area (Å²) in [7, 11) is 0. The lowest BCUT2D eigenvalue weighted by atomic mass is 10.1. The van der Waals surface area contributed by atoms with Crippen molar-refractivity contribution in [1.29, 1.82) is 0 Å². The van der Waals surface area contributed by atoms with Crippen molar-refractivity contribution in [3.63, 3.8) is 0 Å². The first-order valence-electron chi connectivity index (χ1n) is 15.4. The normalized spacial score (nSPS) is 11.8. The van der Waals surface area contributed by atoms with Gasteiger partial charge < -0.3 is 29.2 Å². The van der Waals surface area contributed by atoms with Crippen molar-refractivity contribution in [2.45, 2.75) is 40.5 Å². The highest BCUT2D eigenvalue weighted by Crippen LogP contribution is 2.28. The van der Waals surface area contributed by atoms with Crippen LogP contribution in [0.4, 0.5) is 0 Å². The molecule has 0 amide bonds. The first-order valence-corrected chi connectivity index (χ1v) is 15.4. The Bertz CT molecular complexity index is 1430. The van der Waals surface area contributed by atoms with Crippen LogP contribution in [0.2, 0.25) is 0 Å². The molecule has 8 heteroatoms. The Morgan fingerprint density at radius 3 is 1.36 bits per heavy atom. The molecule has 0 spiro atoms. The van der Waals surface area contributed by atoms with Gasteiger partial charge in [0.15, 0.2) is 0 Å². The van der Waals surface area contributed by atoms with Crippen LogP contribution in [-0.2, 0) is 0 Å². The van der Waals surface area contributed by atoms with Gasteiger partial charge in [0.2, 0.25) is 0 Å². The Kier molecular flexibility index (Phi) is 10.1. The fraction of sp³-hybridized carbons (Fsp3) is 0.412. The number of ether oxygens (including phenoxy) is 2. The second-order valence-corrected chi connectivity index (χ2v) is 10.6. The topological polar surface area (TPSA) is 82.3 Å². The number of nitrogens with one attached hydrogen (secondary N) is 2. The summed E-state index contributed by atoms with van der Waals surface area (Å²) in [6, 6.07) is 20.4. The van der Waals surface area contributed by atoms with Gasteiger partial charge >= 0.3 is 0 Å². The van der Waals surface area contributed by atoms with E-state index < -0.39 is 0 Å². The number of H-pyrrole nitrogens is 2. The number of nitrogens with zero attached hydrogens (tertiary/aromatic N) is 4. The van der Waals surface area contributed by atoms with Gasteiger partial charge in [0.1, 0.15) is 23.1 Å². The van der Waals surface area contributed by atoms with Crippen molar-refractivity contribution in [2.75, 3.05) is 52.5 Å². The van der Waals surface area contributed by atoms with Crippen LogP contribution in [0.1, 0.15) is 40.5 Å². The van der Waals surface area contributed by atoms with E-state index in [2.05, 4.69) is 71.7 Å². The van der Waals surface area contributed by atoms with Gasteiger partial charge in [0.25, 0.3) is 0 Å². The summed E-state index contributed by atoms with van der Waals surface area (Å²) in [4.78, 5) is 21.4. The highest BCUT2D eigenvalue weighted by atomic mass is 16.5. The molecule has 0 unspecified atom stereocenters. The fourth-order valence-corrected chi connectivity index (χ4v) is 5.25. The Morgan fingerprint density at radius 2 is 0.976 bits per heavy atom. The molecule has 222 valence electrons. The Hall–Kier alpha value is -3.88. The van der Waals surface area contributed by atoms with E-state index in [1.165, 1.54) is 0 Å². The zero-order valence-electron chi connectivity index (χ0n) is 25.4. The third-order valence-corrected chi connectivity index (χ3v) is 7.90. The van der Waals surface area contributed by atoms with Crippen molar-refractivity contribution >= 4 is 22.1 Å². The summed E-state index contributed by atoms with van der Waals surface area (Å²) in [5.74, 6) is 3.40. The first kappa shape index (κ1) is 29.6. The van der Waals surface area contributed by atoms with E-state index in [4.69, 9.17) is 19.4 Å². The molecule has 2 N–H and O–H groups in total. The summed E-state index contributed by atoms with van der Waals surface area (Å²) in [5.41, 5.74) is 5.83. The summed E-state index contributed by atoms with van der Waals surface area (Å²) < 4.78 is 12.0. The van der Waals surface area contributed by atoms with Gasteiger partial charge in [0, 0.05) is 36.3 Å². The van der Waals surface area contributed by atoms with Crippen molar-refractivity contribution in [1.82, 2.24) is 29.7 Å². The molecule has 0 aliphatic carbocycles. The van der Waals surface area contributed by atoms with Crippen LogP contribution in [0, 0.1) is 0 Å². The molecule has 0 aliphatic heterocycles. The van der Waals surface area contributed by atoms with Gasteiger partial charge in [-0.2, -0.15) is 0 Å². The van der Waals surface area contributed by atoms with E-state index in [1.54, 1.807) is 0 Å². The molecule has 8 nitrogen and oxygen atoms in total. The summed E-state index contributed by atoms with van der Waals surface area (Å²) in [5, 5.41) is 0. The third kappa shape index (κ3) is 7.30. The molecule has 5 aromatic rings. The van der Waals surface area contributed by atoms with Crippen LogP contribution in [0.25, 0.3) is 44.8 Å². The molecule has 0 atom stereocenters. The molecule has 0 fully saturated rings. The molecular weight excluding hydrogens is 524 g/mol. The van der Waals surface area contributed by atoms with E-state index in [0.717, 1.165) is 108 Å². The first-order chi connectivity index (χ1) is 20.6. The molecule has 0 radical (unpaired) electrons. The molecule has 5 rings (SSSR count). The average molecular weight is 569 g/mol. The van der Waals surface area contributed by atoms with Gasteiger partial charge in [-0.15, -0.1) is 0 Å². The number of imidazole rings is 2. The van der Waals surface area contributed by atoms with Crippen LogP contribution in [0.3, 0.4) is 0 Å². The van der Waals surface area contributed by atoms with Gasteiger partial charge in [0.05, 0.1) is 35.3 Å². The molecular formula is C34H44N6O2. The molecule has 2 aromatic heterocycles. The van der Waals surface area contributed by atoms with E-state index >= 15 is 0 Å². The van der Waals surface area contributed by atoms with Crippen LogP contribution in [0.5, 0.6) is 11.5 Å². The second kappa shape index (κ2) is 14.3. The van der Waals surface area contributed by atoms with Crippen LogP contribution < -0.4 is 9.47 Å². The largest absolute Gasteiger partial charge is 0.493 e. The lowest BCUT2D eigenvalue weighted by molar-refractivity contribution is 0.249. The molecule has 0 saturated carbocycles. The number of hydrogen-bond acceptors (Lipinski definition) is 6. The molecule has 3 aromatic carbocycles. The second-order valence-electron chi connectivity index (χ2n) is 10.6. The molecule has 0 aliphatic rings. The zero-order valence-corrected chi connectivity index (χ0v) is 25.4. The van der Waals surface area contributed by atoms with Crippen LogP contribution in [0.15, 0.2) is 60.7 Å². The third-order valence-electron chi connectivity index (χ3n) is 7.90. The zero-order chi connectivity index (χ0) is 29.3. The summed E-state index contributed by atoms with van der Waals surface area (Å²) in [6.07, 6.45) is 2.02. The number of benzene rings is 3. The predicted molar refractivity (Wildman–Crippen MR) is 172 cm³/mol. The molecule has 0 bridgehead atoms. The van der Waals surface area contributed by atoms with E-state index in [-0.39, 0.29) is 0 Å². The maximum atomic E-state index is 6.01. The van der Waals surface area contributed by atoms with Gasteiger partial charge in [-0.1, -0.05) is 52.0 Å². The number of aromatic amines is 2. The van der Waals surface area contributed by atoms with E-state index in [1.807, 2.05) is 36.4 Å². The average Bonchev–Trinajstić information content (AvgIpc) is 3.65. The quantitative estimate of drug-likeness (QED) is 0.125. The number of rotatable bonds is 16. The van der Waals surface area contributed by atoms with Crippen LogP contribution >= 0.6 is 0 Å². The van der Waals surface area contributed by atoms with Gasteiger partial charge in [-0.3, -0.25) is 0 Å². The molecule has 42 heavy (non-hydrogen) atoms. The minimum Gasteiger partial charge on any atom is -0.493 e. The smallest absolute Gasteiger partial charge is 0.138 e. The van der Waals surface area contributed by atoms with Crippen molar-refractivity contribution in [3.8, 4) is 34.3 Å². The molecule has 2 heterocycles. The highest BCUT2D eigenvalue weighted by Gasteiger charge is 2.10. The summed E-state index contributed by atoms with van der Waals surface area (Å²) in [6.45, 7) is 16.6. The predicted octanol–water partition coefficient (Wildman–Crippen LogP) is 6.99. The van der Waals surface area contributed by atoms with E-state index in [9.17, 15) is 0 Å². The minimum absolute atomic E-state index is 0.706. The Balaban J connectivity index is 1.20. The lowest BCUT2D eigenvalue weighted by Crippen LogP contribution is -2.25. The van der Waals surface area contributed by atoms with Gasteiger partial charge in [-0.05, 0) is 63.3 Å². The number of hydrogen-bond donors (Lipinski definition) is 2. The van der Waals surface area contributed by atoms with Gasteiger partial charge in [-0.25, -0.2) is 9.97 Å². The van der Waals surface area contributed by atoms with E-state index in [0.29, 0.717) is 13.2 Å². The van der Waals surface area contributed by atoms with Crippen molar-refractivity contribution < 1.29 is 9.47 Å². The Morgan fingerprint density at radius 1 is 0.571 bits per heavy atom. The lowest BCUT2D eigenvalue weighted by Gasteiger charge is -2.17. The number of fused-ring (bicyclic) bond motifs is 2. The standard InChI is InChI=1S/C34H44N6O2/c1-5-39(6-2)19-9-21-41-27-15-17-29-31(23-27)37-33(35-29)25-11-13-26(14-12-25)34-36-30-18-16-28(24-32(30)38-34)42-22-10-20-40(7-3)8-4/h11-18,23-24H,5-10,19-22H2,1-4H3,(H,35,37)(H,36,38). The fourth-order valence-electron chi connectivity index (χ4n) is 5.25. The number of aromatic nitrogens is 4. The highest BCUT2D eigenvalue weighted by molar-refractivity contribution is 5.82. The summed E-state index contributed by atoms with van der Waals surface area (Å²) >= 11 is 0. The Labute approximate surface area is 249 Å². The maximum Gasteiger partial charge on any atom is 0.138 e. The van der Waals surface area contributed by atoms with Crippen molar-refractivity contribution in [2.24, 2.45) is 0 Å². The molecule has 0 saturated heterocycles. The SMILES string of the molecule is CCN(CC)CCCOc1ccc2nc(-c3ccc(-c4nc5ccc(OCCCN(CC)CC)cc5[nH]4)cc3)[nH]c2c1.